The number of carbonyl (C=O) groups is 1. The zero-order chi connectivity index (χ0) is 29.2. The third-order valence-electron chi connectivity index (χ3n) is 6.39. The van der Waals surface area contributed by atoms with Crippen molar-refractivity contribution in [1.29, 1.82) is 5.26 Å². The maximum absolute atomic E-state index is 13.7. The number of methoxy groups -OCH3 is 1. The monoisotopic (exact) mass is 579 g/mol. The number of nitrogens with zero attached hydrogens (tertiary/aromatic N) is 2. The van der Waals surface area contributed by atoms with Crippen LogP contribution in [0.2, 0.25) is 0 Å². The number of nitriles is 1. The van der Waals surface area contributed by atoms with E-state index in [2.05, 4.69) is 10.3 Å². The summed E-state index contributed by atoms with van der Waals surface area (Å²) < 4.78 is 111. The van der Waals surface area contributed by atoms with Gasteiger partial charge in [-0.3, -0.25) is 4.98 Å². The Labute approximate surface area is 219 Å². The van der Waals surface area contributed by atoms with Crippen LogP contribution in [0.4, 0.5) is 31.1 Å². The van der Waals surface area contributed by atoms with E-state index in [0.29, 0.717) is 31.4 Å². The van der Waals surface area contributed by atoms with E-state index < -0.39 is 55.2 Å². The Morgan fingerprint density at radius 3 is 2.21 bits per heavy atom. The van der Waals surface area contributed by atoms with Crippen LogP contribution >= 0.6 is 0 Å². The van der Waals surface area contributed by atoms with Crippen LogP contribution in [0.5, 0.6) is 0 Å². The predicted octanol–water partition coefficient (Wildman–Crippen LogP) is 5.44. The topological polar surface area (TPSA) is 129 Å². The van der Waals surface area contributed by atoms with Gasteiger partial charge in [-0.25, -0.2) is 13.2 Å². The van der Waals surface area contributed by atoms with Crippen molar-refractivity contribution in [3.63, 3.8) is 0 Å². The van der Waals surface area contributed by atoms with Crippen molar-refractivity contribution in [2.75, 3.05) is 7.11 Å². The van der Waals surface area contributed by atoms with Gasteiger partial charge in [0.15, 0.2) is 9.84 Å². The minimum absolute atomic E-state index is 0.0805. The van der Waals surface area contributed by atoms with Crippen LogP contribution in [0, 0.1) is 11.3 Å². The lowest BCUT2D eigenvalue weighted by atomic mass is 10.0. The summed E-state index contributed by atoms with van der Waals surface area (Å²) >= 11 is 0. The number of sulfone groups is 1. The van der Waals surface area contributed by atoms with Gasteiger partial charge in [-0.15, -0.1) is 0 Å². The molecule has 0 unspecified atom stereocenters. The average molecular weight is 580 g/mol. The second-order valence-electron chi connectivity index (χ2n) is 9.10. The van der Waals surface area contributed by atoms with Crippen LogP contribution < -0.4 is 5.32 Å². The summed E-state index contributed by atoms with van der Waals surface area (Å²) in [7, 11) is -2.92. The molecule has 4 rings (SSSR count). The minimum Gasteiger partial charge on any atom is -0.465 e. The number of aromatic nitrogens is 1. The molecule has 212 valence electrons. The Bertz CT molecular complexity index is 1370. The van der Waals surface area contributed by atoms with Gasteiger partial charge in [-0.1, -0.05) is 6.07 Å². The van der Waals surface area contributed by atoms with E-state index in [-0.39, 0.29) is 30.1 Å². The van der Waals surface area contributed by atoms with Crippen LogP contribution in [0.1, 0.15) is 43.4 Å². The van der Waals surface area contributed by atoms with E-state index in [1.54, 1.807) is 0 Å². The van der Waals surface area contributed by atoms with Crippen molar-refractivity contribution >= 4 is 15.9 Å². The predicted molar refractivity (Wildman–Crippen MR) is 124 cm³/mol. The summed E-state index contributed by atoms with van der Waals surface area (Å²) in [6.07, 6.45) is -8.46. The molecule has 2 atom stereocenters. The molecule has 8 nitrogen and oxygen atoms in total. The second-order valence-corrected chi connectivity index (χ2v) is 11.3. The molecule has 0 radical (unpaired) electrons. The first-order chi connectivity index (χ1) is 18.0. The number of pyridine rings is 1. The number of hydrogen-bond donors (Lipinski definition) is 2. The van der Waals surface area contributed by atoms with Gasteiger partial charge < -0.3 is 15.2 Å². The van der Waals surface area contributed by atoms with Gasteiger partial charge in [0.2, 0.25) is 0 Å². The van der Waals surface area contributed by atoms with Crippen LogP contribution in [-0.4, -0.2) is 48.6 Å². The standard InChI is InChI=1S/C19H17F6NO3S.C5H6N2O2/c1-29-13-3-4-14(10-13)30(27,28)16-5-2-11(8-15(16)18(20,21)22)12-6-7-26-17(9-12)19(23,24)25;6-3-5(1-2-5)7-4(8)9/h2,5-9,13-14H,3-4,10H2,1H3;7H,1-2H2,(H,8,9)/t13-,14-;/m1./s1. The summed E-state index contributed by atoms with van der Waals surface area (Å²) in [5.74, 6) is 0. The van der Waals surface area contributed by atoms with Crippen molar-refractivity contribution in [3.05, 3.63) is 47.8 Å². The van der Waals surface area contributed by atoms with Crippen LogP contribution in [0.15, 0.2) is 41.4 Å². The third kappa shape index (κ3) is 7.18. The zero-order valence-electron chi connectivity index (χ0n) is 20.3. The Hall–Kier alpha value is -3.38. The van der Waals surface area contributed by atoms with Crippen molar-refractivity contribution in [2.24, 2.45) is 0 Å². The third-order valence-corrected chi connectivity index (χ3v) is 8.67. The lowest BCUT2D eigenvalue weighted by Gasteiger charge is -2.18. The number of ether oxygens (including phenoxy) is 1. The van der Waals surface area contributed by atoms with Gasteiger partial charge in [-0.2, -0.15) is 31.6 Å². The second kappa shape index (κ2) is 11.0. The number of rotatable bonds is 5. The molecule has 2 aromatic rings. The average Bonchev–Trinajstić information content (AvgIpc) is 3.44. The highest BCUT2D eigenvalue weighted by Crippen LogP contribution is 2.41. The van der Waals surface area contributed by atoms with E-state index in [0.717, 1.165) is 24.4 Å². The number of amides is 1. The highest BCUT2D eigenvalue weighted by molar-refractivity contribution is 7.92. The molecule has 0 spiro atoms. The molecule has 1 aromatic heterocycles. The summed E-state index contributed by atoms with van der Waals surface area (Å²) in [5, 5.41) is 17.6. The van der Waals surface area contributed by atoms with Crippen LogP contribution in [-0.2, 0) is 26.9 Å². The molecule has 0 saturated heterocycles. The van der Waals surface area contributed by atoms with E-state index in [1.807, 2.05) is 6.07 Å². The quantitative estimate of drug-likeness (QED) is 0.452. The fraction of sp³-hybridized carbons (Fsp3) is 0.458. The van der Waals surface area contributed by atoms with E-state index >= 15 is 0 Å². The molecular formula is C24H23F6N3O5S. The summed E-state index contributed by atoms with van der Waals surface area (Å²) in [6.45, 7) is 0. The normalized spacial score (nSPS) is 20.4. The summed E-state index contributed by atoms with van der Waals surface area (Å²) in [5.41, 5.74) is -3.76. The number of carboxylic acid groups (broad SMARTS) is 1. The fourth-order valence-electron chi connectivity index (χ4n) is 4.11. The van der Waals surface area contributed by atoms with Crippen molar-refractivity contribution < 1.29 is 49.4 Å². The van der Waals surface area contributed by atoms with Gasteiger partial charge in [0.25, 0.3) is 0 Å². The van der Waals surface area contributed by atoms with E-state index in [1.165, 1.54) is 7.11 Å². The smallest absolute Gasteiger partial charge is 0.433 e. The molecule has 0 aliphatic heterocycles. The lowest BCUT2D eigenvalue weighted by molar-refractivity contribution is -0.141. The minimum atomic E-state index is -5.02. The zero-order valence-corrected chi connectivity index (χ0v) is 21.1. The summed E-state index contributed by atoms with van der Waals surface area (Å²) in [6, 6.07) is 6.07. The van der Waals surface area contributed by atoms with Crippen molar-refractivity contribution in [2.45, 2.75) is 66.2 Å². The van der Waals surface area contributed by atoms with E-state index in [4.69, 9.17) is 15.1 Å². The molecule has 0 bridgehead atoms. The van der Waals surface area contributed by atoms with Crippen LogP contribution in [0.3, 0.4) is 0 Å². The van der Waals surface area contributed by atoms with Gasteiger partial charge in [0, 0.05) is 13.3 Å². The lowest BCUT2D eigenvalue weighted by Crippen LogP contribution is -2.33. The molecule has 2 aliphatic rings. The molecule has 2 saturated carbocycles. The molecule has 39 heavy (non-hydrogen) atoms. The maximum atomic E-state index is 13.7. The number of hydrogen-bond acceptors (Lipinski definition) is 6. The van der Waals surface area contributed by atoms with Gasteiger partial charge >= 0.3 is 18.4 Å². The molecule has 2 aliphatic carbocycles. The van der Waals surface area contributed by atoms with Gasteiger partial charge in [0.1, 0.15) is 11.2 Å². The number of halogens is 6. The molecule has 2 N–H and O–H groups in total. The first-order valence-electron chi connectivity index (χ1n) is 11.5. The SMILES string of the molecule is CO[C@@H]1CC[C@@H](S(=O)(=O)c2ccc(-c3ccnc(C(F)(F)F)c3)cc2C(F)(F)F)C1.N#CC1(NC(=O)O)CC1. The molecular weight excluding hydrogens is 556 g/mol. The maximum Gasteiger partial charge on any atom is 0.433 e. The Kier molecular flexibility index (Phi) is 8.51. The Morgan fingerprint density at radius 1 is 1.10 bits per heavy atom. The molecule has 15 heteroatoms. The highest BCUT2D eigenvalue weighted by Gasteiger charge is 2.45. The van der Waals surface area contributed by atoms with Crippen molar-refractivity contribution in [1.82, 2.24) is 10.3 Å². The summed E-state index contributed by atoms with van der Waals surface area (Å²) in [4.78, 5) is 12.2. The fourth-order valence-corrected chi connectivity index (χ4v) is 6.13. The van der Waals surface area contributed by atoms with Crippen LogP contribution in [0.25, 0.3) is 11.1 Å². The first-order valence-corrected chi connectivity index (χ1v) is 13.0. The molecule has 1 aromatic carbocycles. The van der Waals surface area contributed by atoms with E-state index in [9.17, 15) is 39.6 Å². The Morgan fingerprint density at radius 2 is 1.74 bits per heavy atom. The van der Waals surface area contributed by atoms with Crippen molar-refractivity contribution in [3.8, 4) is 17.2 Å². The number of benzene rings is 1. The highest BCUT2D eigenvalue weighted by atomic mass is 32.2. The Balaban J connectivity index is 0.000000395. The largest absolute Gasteiger partial charge is 0.465 e. The van der Waals surface area contributed by atoms with Gasteiger partial charge in [-0.05, 0) is 67.5 Å². The molecule has 2 fully saturated rings. The number of alkyl halides is 6. The number of nitrogens with one attached hydrogen (secondary N) is 1. The molecule has 1 amide bonds. The first kappa shape index (κ1) is 30.2. The van der Waals surface area contributed by atoms with Gasteiger partial charge in [0.05, 0.1) is 27.9 Å². The molecule has 1 heterocycles.